The highest BCUT2D eigenvalue weighted by atomic mass is 16.6. The van der Waals surface area contributed by atoms with Crippen molar-refractivity contribution in [3.05, 3.63) is 60.2 Å². The van der Waals surface area contributed by atoms with Crippen molar-refractivity contribution in [2.24, 2.45) is 0 Å². The van der Waals surface area contributed by atoms with Crippen molar-refractivity contribution in [1.82, 2.24) is 5.43 Å². The number of nitrogens with one attached hydrogen (secondary N) is 2. The fraction of sp³-hybridized carbons (Fsp3) is 0.250. The molecule has 2 N–H and O–H groups in total. The zero-order valence-electron chi connectivity index (χ0n) is 11.2. The molecule has 104 valence electrons. The third-order valence-electron chi connectivity index (χ3n) is 3.06. The highest BCUT2D eigenvalue weighted by Crippen LogP contribution is 2.15. The van der Waals surface area contributed by atoms with E-state index in [1.54, 1.807) is 0 Å². The Kier molecular flexibility index (Phi) is 4.16. The summed E-state index contributed by atoms with van der Waals surface area (Å²) in [6, 6.07) is 18.1. The van der Waals surface area contributed by atoms with E-state index >= 15 is 0 Å². The Labute approximate surface area is 118 Å². The molecule has 4 nitrogen and oxygen atoms in total. The summed E-state index contributed by atoms with van der Waals surface area (Å²) in [4.78, 5) is 0. The Morgan fingerprint density at radius 1 is 1.05 bits per heavy atom. The second kappa shape index (κ2) is 6.41. The minimum absolute atomic E-state index is 0.298. The topological polar surface area (TPSA) is 45.8 Å². The molecular formula is C16H18N2O2. The van der Waals surface area contributed by atoms with E-state index in [-0.39, 0.29) is 0 Å². The standard InChI is InChI=1S/C16H18N2O2/c1-2-4-14(5-3-1)18-17-10-13-6-8-15(9-7-13)19-11-16-12-20-16/h1-9,16-18H,10-12H2. The number of hydrogen-bond donors (Lipinski definition) is 2. The molecule has 1 heterocycles. The molecule has 1 unspecified atom stereocenters. The van der Waals surface area contributed by atoms with E-state index in [0.29, 0.717) is 12.7 Å². The molecule has 20 heavy (non-hydrogen) atoms. The van der Waals surface area contributed by atoms with Gasteiger partial charge in [-0.3, -0.25) is 0 Å². The largest absolute Gasteiger partial charge is 0.491 e. The number of epoxide rings is 1. The first-order valence-corrected chi connectivity index (χ1v) is 6.77. The highest BCUT2D eigenvalue weighted by molar-refractivity contribution is 5.41. The molecule has 1 aliphatic rings. The van der Waals surface area contributed by atoms with Crippen molar-refractivity contribution in [2.45, 2.75) is 12.6 Å². The maximum Gasteiger partial charge on any atom is 0.119 e. The van der Waals surface area contributed by atoms with Gasteiger partial charge < -0.3 is 14.9 Å². The first kappa shape index (κ1) is 13.0. The van der Waals surface area contributed by atoms with Crippen molar-refractivity contribution < 1.29 is 9.47 Å². The van der Waals surface area contributed by atoms with E-state index < -0.39 is 0 Å². The summed E-state index contributed by atoms with van der Waals surface area (Å²) in [6.07, 6.45) is 0.298. The van der Waals surface area contributed by atoms with Crippen LogP contribution in [0, 0.1) is 0 Å². The Morgan fingerprint density at radius 2 is 1.80 bits per heavy atom. The SMILES string of the molecule is c1ccc(NNCc2ccc(OCC3CO3)cc2)cc1. The molecule has 3 rings (SSSR count). The van der Waals surface area contributed by atoms with E-state index in [4.69, 9.17) is 9.47 Å². The van der Waals surface area contributed by atoms with Crippen molar-refractivity contribution in [3.8, 4) is 5.75 Å². The van der Waals surface area contributed by atoms with Crippen molar-refractivity contribution >= 4 is 5.69 Å². The highest BCUT2D eigenvalue weighted by Gasteiger charge is 2.22. The predicted octanol–water partition coefficient (Wildman–Crippen LogP) is 2.58. The van der Waals surface area contributed by atoms with Crippen LogP contribution < -0.4 is 15.6 Å². The van der Waals surface area contributed by atoms with Gasteiger partial charge >= 0.3 is 0 Å². The fourth-order valence-electron chi connectivity index (χ4n) is 1.83. The lowest BCUT2D eigenvalue weighted by Gasteiger charge is -2.09. The average molecular weight is 270 g/mol. The summed E-state index contributed by atoms with van der Waals surface area (Å²) in [5, 5.41) is 0. The van der Waals surface area contributed by atoms with E-state index in [9.17, 15) is 0 Å². The predicted molar refractivity (Wildman–Crippen MR) is 78.6 cm³/mol. The molecule has 0 aromatic heterocycles. The summed E-state index contributed by atoms with van der Waals surface area (Å²) < 4.78 is 10.7. The molecule has 0 aliphatic carbocycles. The van der Waals surface area contributed by atoms with Crippen LogP contribution in [-0.4, -0.2) is 19.3 Å². The van der Waals surface area contributed by atoms with Crippen molar-refractivity contribution in [1.29, 1.82) is 0 Å². The summed E-state index contributed by atoms with van der Waals surface area (Å²) in [7, 11) is 0. The van der Waals surface area contributed by atoms with E-state index in [1.165, 1.54) is 5.56 Å². The van der Waals surface area contributed by atoms with Crippen LogP contribution in [0.5, 0.6) is 5.75 Å². The number of ether oxygens (including phenoxy) is 2. The Hall–Kier alpha value is -2.04. The monoisotopic (exact) mass is 270 g/mol. The molecule has 0 amide bonds. The Balaban J connectivity index is 1.43. The quantitative estimate of drug-likeness (QED) is 0.599. The normalized spacial score (nSPS) is 16.7. The molecule has 1 aliphatic heterocycles. The van der Waals surface area contributed by atoms with E-state index in [1.807, 2.05) is 42.5 Å². The van der Waals surface area contributed by atoms with Gasteiger partial charge in [-0.25, -0.2) is 5.43 Å². The van der Waals surface area contributed by atoms with Gasteiger partial charge in [0.05, 0.1) is 6.61 Å². The van der Waals surface area contributed by atoms with Crippen molar-refractivity contribution in [3.63, 3.8) is 0 Å². The minimum atomic E-state index is 0.298. The molecule has 1 saturated heterocycles. The summed E-state index contributed by atoms with van der Waals surface area (Å²) in [6.45, 7) is 2.22. The lowest BCUT2D eigenvalue weighted by atomic mass is 10.2. The van der Waals surface area contributed by atoms with Crippen LogP contribution >= 0.6 is 0 Å². The summed E-state index contributed by atoms with van der Waals surface area (Å²) >= 11 is 0. The number of para-hydroxylation sites is 1. The van der Waals surface area contributed by atoms with Crippen molar-refractivity contribution in [2.75, 3.05) is 18.6 Å². The molecule has 4 heteroatoms. The summed E-state index contributed by atoms with van der Waals surface area (Å²) in [5.41, 5.74) is 8.60. The third kappa shape index (κ3) is 3.98. The first-order chi connectivity index (χ1) is 9.90. The molecule has 0 bridgehead atoms. The maximum atomic E-state index is 5.60. The van der Waals surface area contributed by atoms with Crippen LogP contribution in [-0.2, 0) is 11.3 Å². The average Bonchev–Trinajstić information content (AvgIpc) is 3.32. The number of hydrazine groups is 1. The number of anilines is 1. The number of rotatable bonds is 7. The molecule has 0 spiro atoms. The van der Waals surface area contributed by atoms with Crippen LogP contribution in [0.3, 0.4) is 0 Å². The van der Waals surface area contributed by atoms with Crippen LogP contribution in [0.4, 0.5) is 5.69 Å². The third-order valence-corrected chi connectivity index (χ3v) is 3.06. The van der Waals surface area contributed by atoms with Gasteiger partial charge in [0.25, 0.3) is 0 Å². The molecule has 0 saturated carbocycles. The second-order valence-electron chi connectivity index (χ2n) is 4.75. The zero-order chi connectivity index (χ0) is 13.6. The second-order valence-corrected chi connectivity index (χ2v) is 4.75. The lowest BCUT2D eigenvalue weighted by molar-refractivity contribution is 0.263. The summed E-state index contributed by atoms with van der Waals surface area (Å²) in [5.74, 6) is 0.889. The molecule has 0 radical (unpaired) electrons. The van der Waals surface area contributed by atoms with Crippen LogP contribution in [0.2, 0.25) is 0 Å². The van der Waals surface area contributed by atoms with Gasteiger partial charge in [-0.05, 0) is 29.8 Å². The molecule has 2 aromatic carbocycles. The van der Waals surface area contributed by atoms with E-state index in [2.05, 4.69) is 23.0 Å². The Bertz CT molecular complexity index is 524. The van der Waals surface area contributed by atoms with E-state index in [0.717, 1.165) is 24.6 Å². The van der Waals surface area contributed by atoms with Crippen LogP contribution in [0.1, 0.15) is 5.56 Å². The Morgan fingerprint density at radius 3 is 2.50 bits per heavy atom. The molecule has 1 atom stereocenters. The lowest BCUT2D eigenvalue weighted by Crippen LogP contribution is -2.20. The van der Waals surface area contributed by atoms with Gasteiger partial charge in [0.2, 0.25) is 0 Å². The molecule has 2 aromatic rings. The van der Waals surface area contributed by atoms with Crippen LogP contribution in [0.15, 0.2) is 54.6 Å². The minimum Gasteiger partial charge on any atom is -0.491 e. The number of benzene rings is 2. The van der Waals surface area contributed by atoms with Gasteiger partial charge in [0.1, 0.15) is 18.5 Å². The van der Waals surface area contributed by atoms with Gasteiger partial charge in [-0.2, -0.15) is 0 Å². The van der Waals surface area contributed by atoms with Gasteiger partial charge in [0, 0.05) is 12.2 Å². The smallest absolute Gasteiger partial charge is 0.119 e. The molecule has 1 fully saturated rings. The van der Waals surface area contributed by atoms with Crippen LogP contribution in [0.25, 0.3) is 0 Å². The number of hydrogen-bond acceptors (Lipinski definition) is 4. The van der Waals surface area contributed by atoms with Gasteiger partial charge in [-0.15, -0.1) is 0 Å². The fourth-order valence-corrected chi connectivity index (χ4v) is 1.83. The van der Waals surface area contributed by atoms with Gasteiger partial charge in [-0.1, -0.05) is 30.3 Å². The maximum absolute atomic E-state index is 5.60. The van der Waals surface area contributed by atoms with Gasteiger partial charge in [0.15, 0.2) is 0 Å². The molecular weight excluding hydrogens is 252 g/mol. The first-order valence-electron chi connectivity index (χ1n) is 6.77. The zero-order valence-corrected chi connectivity index (χ0v) is 11.2.